The third-order valence-electron chi connectivity index (χ3n) is 3.02. The Morgan fingerprint density at radius 2 is 1.95 bits per heavy atom. The lowest BCUT2D eigenvalue weighted by molar-refractivity contribution is 0.148. The topological polar surface area (TPSA) is 23.5 Å². The fourth-order valence-electron chi connectivity index (χ4n) is 1.97. The quantitative estimate of drug-likeness (QED) is 0.872. The molecule has 19 heavy (non-hydrogen) atoms. The van der Waals surface area contributed by atoms with Gasteiger partial charge in [0, 0.05) is 18.0 Å². The van der Waals surface area contributed by atoms with Crippen molar-refractivity contribution in [1.29, 1.82) is 0 Å². The molecule has 4 heteroatoms. The van der Waals surface area contributed by atoms with Crippen LogP contribution in [0.4, 0.5) is 0 Å². The molecule has 1 aromatic carbocycles. The fourth-order valence-corrected chi connectivity index (χ4v) is 3.13. The highest BCUT2D eigenvalue weighted by Gasteiger charge is 2.09. The first-order valence-corrected chi connectivity index (χ1v) is 7.50. The number of halogens is 1. The lowest BCUT2D eigenvalue weighted by Gasteiger charge is -2.18. The van der Waals surface area contributed by atoms with Crippen molar-refractivity contribution in [3.8, 4) is 0 Å². The zero-order valence-corrected chi connectivity index (χ0v) is 12.5. The van der Waals surface area contributed by atoms with Crippen LogP contribution >= 0.6 is 22.9 Å². The normalized spacial score (nSPS) is 12.8. The molecule has 0 aliphatic carbocycles. The van der Waals surface area contributed by atoms with Crippen LogP contribution in [0.5, 0.6) is 0 Å². The summed E-state index contributed by atoms with van der Waals surface area (Å²) in [6.07, 6.45) is 0.343. The summed E-state index contributed by atoms with van der Waals surface area (Å²) in [6, 6.07) is 13.8. The van der Waals surface area contributed by atoms with Gasteiger partial charge in [0.25, 0.3) is 0 Å². The SMILES string of the molecule is CN(CCC(O)c1ccccc1)Cc1ccc(Cl)s1. The van der Waals surface area contributed by atoms with Crippen molar-refractivity contribution in [2.45, 2.75) is 19.1 Å². The Hall–Kier alpha value is -0.870. The molecule has 0 radical (unpaired) electrons. The van der Waals surface area contributed by atoms with E-state index >= 15 is 0 Å². The van der Waals surface area contributed by atoms with E-state index in [2.05, 4.69) is 18.0 Å². The monoisotopic (exact) mass is 295 g/mol. The molecule has 0 bridgehead atoms. The van der Waals surface area contributed by atoms with E-state index in [1.54, 1.807) is 11.3 Å². The Morgan fingerprint density at radius 3 is 2.58 bits per heavy atom. The Morgan fingerprint density at radius 1 is 1.21 bits per heavy atom. The predicted octanol–water partition coefficient (Wildman–Crippen LogP) is 3.96. The van der Waals surface area contributed by atoms with E-state index in [1.165, 1.54) is 4.88 Å². The van der Waals surface area contributed by atoms with Crippen LogP contribution in [0, 0.1) is 0 Å². The predicted molar refractivity (Wildman–Crippen MR) is 81.7 cm³/mol. The number of benzene rings is 1. The minimum absolute atomic E-state index is 0.393. The molecule has 1 unspecified atom stereocenters. The minimum atomic E-state index is -0.393. The maximum Gasteiger partial charge on any atom is 0.0931 e. The first kappa shape index (κ1) is 14.5. The number of aliphatic hydroxyl groups excluding tert-OH is 1. The van der Waals surface area contributed by atoms with Gasteiger partial charge in [-0.2, -0.15) is 0 Å². The second kappa shape index (κ2) is 7.06. The summed E-state index contributed by atoms with van der Waals surface area (Å²) < 4.78 is 0.827. The number of thiophene rings is 1. The molecular formula is C15H18ClNOS. The molecule has 0 spiro atoms. The van der Waals surface area contributed by atoms with Crippen molar-refractivity contribution in [3.63, 3.8) is 0 Å². The van der Waals surface area contributed by atoms with E-state index in [-0.39, 0.29) is 0 Å². The number of rotatable bonds is 6. The molecule has 2 nitrogen and oxygen atoms in total. The van der Waals surface area contributed by atoms with Crippen LogP contribution in [-0.4, -0.2) is 23.6 Å². The molecule has 0 saturated heterocycles. The van der Waals surface area contributed by atoms with E-state index < -0.39 is 6.10 Å². The smallest absolute Gasteiger partial charge is 0.0931 e. The van der Waals surface area contributed by atoms with Crippen LogP contribution in [0.25, 0.3) is 0 Å². The van der Waals surface area contributed by atoms with Crippen molar-refractivity contribution in [3.05, 3.63) is 57.2 Å². The van der Waals surface area contributed by atoms with Gasteiger partial charge in [0.2, 0.25) is 0 Å². The van der Waals surface area contributed by atoms with E-state index in [0.29, 0.717) is 0 Å². The van der Waals surface area contributed by atoms with Crippen molar-refractivity contribution in [1.82, 2.24) is 4.90 Å². The van der Waals surface area contributed by atoms with E-state index in [4.69, 9.17) is 11.6 Å². The van der Waals surface area contributed by atoms with E-state index in [0.717, 1.165) is 29.4 Å². The Kier molecular flexibility index (Phi) is 5.40. The summed E-state index contributed by atoms with van der Waals surface area (Å²) in [4.78, 5) is 3.45. The number of hydrogen-bond donors (Lipinski definition) is 1. The highest BCUT2D eigenvalue weighted by atomic mass is 35.5. The Labute approximate surface area is 123 Å². The molecule has 2 rings (SSSR count). The molecular weight excluding hydrogens is 278 g/mol. The van der Waals surface area contributed by atoms with Crippen LogP contribution in [0.2, 0.25) is 4.34 Å². The zero-order valence-electron chi connectivity index (χ0n) is 10.9. The van der Waals surface area contributed by atoms with E-state index in [9.17, 15) is 5.11 Å². The van der Waals surface area contributed by atoms with Gasteiger partial charge in [0.15, 0.2) is 0 Å². The molecule has 1 atom stereocenters. The second-order valence-electron chi connectivity index (χ2n) is 4.66. The molecule has 1 N–H and O–H groups in total. The highest BCUT2D eigenvalue weighted by molar-refractivity contribution is 7.16. The minimum Gasteiger partial charge on any atom is -0.388 e. The Balaban J connectivity index is 1.79. The fraction of sp³-hybridized carbons (Fsp3) is 0.333. The summed E-state index contributed by atoms with van der Waals surface area (Å²) in [6.45, 7) is 1.73. The van der Waals surface area contributed by atoms with Crippen molar-refractivity contribution in [2.24, 2.45) is 0 Å². The molecule has 1 aromatic heterocycles. The molecule has 102 valence electrons. The summed E-state index contributed by atoms with van der Waals surface area (Å²) in [5, 5.41) is 10.1. The lowest BCUT2D eigenvalue weighted by atomic mass is 10.1. The molecule has 2 aromatic rings. The average molecular weight is 296 g/mol. The largest absolute Gasteiger partial charge is 0.388 e. The third-order valence-corrected chi connectivity index (χ3v) is 4.24. The van der Waals surface area contributed by atoms with Gasteiger partial charge in [-0.3, -0.25) is 0 Å². The lowest BCUT2D eigenvalue weighted by Crippen LogP contribution is -2.20. The summed E-state index contributed by atoms with van der Waals surface area (Å²) in [5.74, 6) is 0. The van der Waals surface area contributed by atoms with Gasteiger partial charge in [-0.25, -0.2) is 0 Å². The maximum atomic E-state index is 10.1. The Bertz CT molecular complexity index is 500. The van der Waals surface area contributed by atoms with Crippen LogP contribution in [0.15, 0.2) is 42.5 Å². The number of aliphatic hydroxyl groups is 1. The van der Waals surface area contributed by atoms with Crippen molar-refractivity contribution in [2.75, 3.05) is 13.6 Å². The van der Waals surface area contributed by atoms with Gasteiger partial charge in [-0.15, -0.1) is 11.3 Å². The van der Waals surface area contributed by atoms with Gasteiger partial charge in [-0.05, 0) is 31.2 Å². The molecule has 0 fully saturated rings. The third kappa shape index (κ3) is 4.62. The number of nitrogens with zero attached hydrogens (tertiary/aromatic N) is 1. The first-order valence-electron chi connectivity index (χ1n) is 6.31. The average Bonchev–Trinajstić information content (AvgIpc) is 2.82. The second-order valence-corrected chi connectivity index (χ2v) is 6.46. The standard InChI is InChI=1S/C15H18ClNOS/c1-17(11-13-7-8-15(16)19-13)10-9-14(18)12-5-3-2-4-6-12/h2-8,14,18H,9-11H2,1H3. The maximum absolute atomic E-state index is 10.1. The molecule has 0 saturated carbocycles. The van der Waals surface area contributed by atoms with Gasteiger partial charge < -0.3 is 10.0 Å². The molecule has 0 amide bonds. The summed E-state index contributed by atoms with van der Waals surface area (Å²) in [5.41, 5.74) is 0.982. The van der Waals surface area contributed by atoms with Crippen molar-refractivity contribution >= 4 is 22.9 Å². The van der Waals surface area contributed by atoms with Crippen LogP contribution < -0.4 is 0 Å². The van der Waals surface area contributed by atoms with Gasteiger partial charge in [0.1, 0.15) is 0 Å². The molecule has 1 heterocycles. The van der Waals surface area contributed by atoms with Crippen LogP contribution in [0.1, 0.15) is 23.0 Å². The van der Waals surface area contributed by atoms with Gasteiger partial charge in [-0.1, -0.05) is 41.9 Å². The first-order chi connectivity index (χ1) is 9.15. The number of hydrogen-bond acceptors (Lipinski definition) is 3. The van der Waals surface area contributed by atoms with Gasteiger partial charge >= 0.3 is 0 Å². The molecule has 0 aliphatic rings. The highest BCUT2D eigenvalue weighted by Crippen LogP contribution is 2.23. The van der Waals surface area contributed by atoms with Gasteiger partial charge in [0.05, 0.1) is 10.4 Å². The van der Waals surface area contributed by atoms with Crippen LogP contribution in [0.3, 0.4) is 0 Å². The summed E-state index contributed by atoms with van der Waals surface area (Å²) in [7, 11) is 2.06. The van der Waals surface area contributed by atoms with E-state index in [1.807, 2.05) is 36.4 Å². The summed E-state index contributed by atoms with van der Waals surface area (Å²) >= 11 is 7.52. The van der Waals surface area contributed by atoms with Crippen LogP contribution in [-0.2, 0) is 6.54 Å². The zero-order chi connectivity index (χ0) is 13.7. The van der Waals surface area contributed by atoms with Crippen molar-refractivity contribution < 1.29 is 5.11 Å². The molecule has 0 aliphatic heterocycles.